The smallest absolute Gasteiger partial charge is 0.325 e. The topological polar surface area (TPSA) is 59.0 Å². The molecule has 1 saturated heterocycles. The number of carbonyl (C=O) groups excluding carboxylic acids is 1. The van der Waals surface area contributed by atoms with Gasteiger partial charge in [0.15, 0.2) is 0 Å². The lowest BCUT2D eigenvalue weighted by Crippen LogP contribution is -2.43. The molecule has 1 amide bonds. The van der Waals surface area contributed by atoms with E-state index in [4.69, 9.17) is 0 Å². The van der Waals surface area contributed by atoms with Crippen molar-refractivity contribution < 1.29 is 18.0 Å². The first-order valence-corrected chi connectivity index (χ1v) is 7.71. The second-order valence-electron chi connectivity index (χ2n) is 5.66. The Labute approximate surface area is 149 Å². The van der Waals surface area contributed by atoms with E-state index in [2.05, 4.69) is 15.7 Å². The molecule has 2 N–H and O–H groups in total. The highest BCUT2D eigenvalue weighted by Gasteiger charge is 2.35. The SMILES string of the molecule is Cl.O=C(Nc1ccc(-n2nccc2C(F)(F)F)cc1)[C@@H]1CCCCN1. The number of amides is 1. The van der Waals surface area contributed by atoms with Crippen molar-refractivity contribution in [2.75, 3.05) is 11.9 Å². The van der Waals surface area contributed by atoms with Crippen molar-refractivity contribution in [2.45, 2.75) is 31.5 Å². The van der Waals surface area contributed by atoms with Gasteiger partial charge in [0, 0.05) is 5.69 Å². The van der Waals surface area contributed by atoms with Crippen LogP contribution in [0.25, 0.3) is 5.69 Å². The van der Waals surface area contributed by atoms with Crippen LogP contribution in [0, 0.1) is 0 Å². The molecule has 1 aliphatic rings. The van der Waals surface area contributed by atoms with Crippen molar-refractivity contribution in [3.05, 3.63) is 42.2 Å². The molecule has 5 nitrogen and oxygen atoms in total. The molecule has 0 radical (unpaired) electrons. The van der Waals surface area contributed by atoms with Crippen LogP contribution < -0.4 is 10.6 Å². The summed E-state index contributed by atoms with van der Waals surface area (Å²) in [5.41, 5.74) is -0.0244. The first-order chi connectivity index (χ1) is 11.4. The van der Waals surface area contributed by atoms with Gasteiger partial charge < -0.3 is 10.6 Å². The molecule has 3 rings (SSSR count). The predicted octanol–water partition coefficient (Wildman–Crippen LogP) is 3.39. The van der Waals surface area contributed by atoms with Crippen molar-refractivity contribution in [3.63, 3.8) is 0 Å². The van der Waals surface area contributed by atoms with Gasteiger partial charge in [0.1, 0.15) is 5.69 Å². The van der Waals surface area contributed by atoms with E-state index in [1.165, 1.54) is 12.1 Å². The maximum atomic E-state index is 12.9. The molecule has 1 aromatic carbocycles. The predicted molar refractivity (Wildman–Crippen MR) is 90.1 cm³/mol. The zero-order valence-corrected chi connectivity index (χ0v) is 14.0. The summed E-state index contributed by atoms with van der Waals surface area (Å²) in [4.78, 5) is 12.1. The van der Waals surface area contributed by atoms with Crippen LogP contribution in [0.3, 0.4) is 0 Å². The number of aromatic nitrogens is 2. The largest absolute Gasteiger partial charge is 0.433 e. The molecule has 0 aliphatic carbocycles. The standard InChI is InChI=1S/C16H17F3N4O.ClH/c17-16(18,19)14-8-10-21-23(14)12-6-4-11(5-7-12)22-15(24)13-3-1-2-9-20-13;/h4-8,10,13,20H,1-3,9H2,(H,22,24);1H/t13-;/m0./s1. The average molecular weight is 375 g/mol. The van der Waals surface area contributed by atoms with Gasteiger partial charge in [-0.2, -0.15) is 18.3 Å². The molecule has 0 saturated carbocycles. The Balaban J connectivity index is 0.00000225. The van der Waals surface area contributed by atoms with Crippen molar-refractivity contribution in [1.82, 2.24) is 15.1 Å². The number of carbonyl (C=O) groups is 1. The minimum atomic E-state index is -4.48. The van der Waals surface area contributed by atoms with E-state index in [0.29, 0.717) is 5.69 Å². The summed E-state index contributed by atoms with van der Waals surface area (Å²) in [6.45, 7) is 0.816. The Morgan fingerprint density at radius 2 is 1.92 bits per heavy atom. The molecule has 1 atom stereocenters. The fourth-order valence-electron chi connectivity index (χ4n) is 2.71. The average Bonchev–Trinajstić information content (AvgIpc) is 3.06. The van der Waals surface area contributed by atoms with Crippen LogP contribution in [0.15, 0.2) is 36.5 Å². The summed E-state index contributed by atoms with van der Waals surface area (Å²) in [5, 5.41) is 9.64. The summed E-state index contributed by atoms with van der Waals surface area (Å²) in [6.07, 6.45) is -0.525. The van der Waals surface area contributed by atoms with E-state index in [1.807, 2.05) is 0 Å². The third-order valence-corrected chi connectivity index (χ3v) is 3.94. The fourth-order valence-corrected chi connectivity index (χ4v) is 2.71. The highest BCUT2D eigenvalue weighted by atomic mass is 35.5. The maximum absolute atomic E-state index is 12.9. The van der Waals surface area contributed by atoms with Gasteiger partial charge in [0.2, 0.25) is 5.91 Å². The second-order valence-corrected chi connectivity index (χ2v) is 5.66. The van der Waals surface area contributed by atoms with Crippen molar-refractivity contribution in [1.29, 1.82) is 0 Å². The van der Waals surface area contributed by atoms with Crippen LogP contribution in [0.1, 0.15) is 25.0 Å². The zero-order valence-electron chi connectivity index (χ0n) is 13.2. The molecule has 9 heteroatoms. The van der Waals surface area contributed by atoms with E-state index in [0.717, 1.165) is 42.8 Å². The number of hydrogen-bond donors (Lipinski definition) is 2. The molecule has 2 heterocycles. The number of nitrogens with zero attached hydrogens (tertiary/aromatic N) is 2. The summed E-state index contributed by atoms with van der Waals surface area (Å²) in [5.74, 6) is -0.127. The number of nitrogens with one attached hydrogen (secondary N) is 2. The second kappa shape index (κ2) is 7.88. The fraction of sp³-hybridized carbons (Fsp3) is 0.375. The molecule has 136 valence electrons. The lowest BCUT2D eigenvalue weighted by Gasteiger charge is -2.22. The molecule has 1 aromatic heterocycles. The van der Waals surface area contributed by atoms with Gasteiger partial charge in [0.25, 0.3) is 0 Å². The molecule has 1 aliphatic heterocycles. The lowest BCUT2D eigenvalue weighted by molar-refractivity contribution is -0.142. The maximum Gasteiger partial charge on any atom is 0.433 e. The van der Waals surface area contributed by atoms with E-state index >= 15 is 0 Å². The molecule has 1 fully saturated rings. The molecule has 25 heavy (non-hydrogen) atoms. The van der Waals surface area contributed by atoms with Crippen LogP contribution in [-0.2, 0) is 11.0 Å². The van der Waals surface area contributed by atoms with Crippen LogP contribution in [0.5, 0.6) is 0 Å². The number of hydrogen-bond acceptors (Lipinski definition) is 3. The molecular weight excluding hydrogens is 357 g/mol. The lowest BCUT2D eigenvalue weighted by atomic mass is 10.0. The highest BCUT2D eigenvalue weighted by Crippen LogP contribution is 2.30. The molecular formula is C16H18ClF3N4O. The number of anilines is 1. The first kappa shape index (κ1) is 19.3. The van der Waals surface area contributed by atoms with E-state index < -0.39 is 11.9 Å². The van der Waals surface area contributed by atoms with Gasteiger partial charge in [-0.25, -0.2) is 4.68 Å². The highest BCUT2D eigenvalue weighted by molar-refractivity contribution is 5.94. The van der Waals surface area contributed by atoms with Gasteiger partial charge in [-0.1, -0.05) is 6.42 Å². The first-order valence-electron chi connectivity index (χ1n) is 7.71. The number of halogens is 4. The van der Waals surface area contributed by atoms with Gasteiger partial charge in [-0.3, -0.25) is 4.79 Å². The number of piperidine rings is 1. The van der Waals surface area contributed by atoms with Gasteiger partial charge in [0.05, 0.1) is 17.9 Å². The third-order valence-electron chi connectivity index (χ3n) is 3.94. The Bertz CT molecular complexity index is 709. The van der Waals surface area contributed by atoms with Gasteiger partial charge in [-0.15, -0.1) is 12.4 Å². The Hall–Kier alpha value is -2.06. The summed E-state index contributed by atoms with van der Waals surface area (Å²) >= 11 is 0. The normalized spacial score (nSPS) is 17.6. The Kier molecular flexibility index (Phi) is 6.07. The Morgan fingerprint density at radius 3 is 2.52 bits per heavy atom. The van der Waals surface area contributed by atoms with E-state index in [1.54, 1.807) is 12.1 Å². The molecule has 0 unspecified atom stereocenters. The molecule has 2 aromatic rings. The van der Waals surface area contributed by atoms with Crippen LogP contribution in [0.4, 0.5) is 18.9 Å². The van der Waals surface area contributed by atoms with Crippen LogP contribution in [0.2, 0.25) is 0 Å². The van der Waals surface area contributed by atoms with Crippen LogP contribution >= 0.6 is 12.4 Å². The quantitative estimate of drug-likeness (QED) is 0.865. The summed E-state index contributed by atoms with van der Waals surface area (Å²) in [6, 6.07) is 6.82. The molecule has 0 bridgehead atoms. The minimum absolute atomic E-state index is 0. The van der Waals surface area contributed by atoms with Crippen LogP contribution in [-0.4, -0.2) is 28.3 Å². The minimum Gasteiger partial charge on any atom is -0.325 e. The van der Waals surface area contributed by atoms with Gasteiger partial charge in [-0.05, 0) is 49.7 Å². The van der Waals surface area contributed by atoms with Crippen molar-refractivity contribution in [2.24, 2.45) is 0 Å². The Morgan fingerprint density at radius 1 is 1.20 bits per heavy atom. The number of benzene rings is 1. The number of rotatable bonds is 3. The summed E-state index contributed by atoms with van der Waals surface area (Å²) < 4.78 is 39.5. The third kappa shape index (κ3) is 4.52. The van der Waals surface area contributed by atoms with Crippen molar-refractivity contribution >= 4 is 24.0 Å². The van der Waals surface area contributed by atoms with E-state index in [-0.39, 0.29) is 30.0 Å². The number of alkyl halides is 3. The van der Waals surface area contributed by atoms with Crippen molar-refractivity contribution in [3.8, 4) is 5.69 Å². The zero-order chi connectivity index (χ0) is 17.2. The van der Waals surface area contributed by atoms with Gasteiger partial charge >= 0.3 is 6.18 Å². The van der Waals surface area contributed by atoms with E-state index in [9.17, 15) is 18.0 Å². The monoisotopic (exact) mass is 374 g/mol. The summed E-state index contributed by atoms with van der Waals surface area (Å²) in [7, 11) is 0. The molecule has 0 spiro atoms.